The zero-order valence-corrected chi connectivity index (χ0v) is 12.5. The fraction of sp³-hybridized carbons (Fsp3) is 0.643. The molecule has 1 aromatic heterocycles. The average Bonchev–Trinajstić information content (AvgIpc) is 2.32. The second-order valence-corrected chi connectivity index (χ2v) is 6.09. The van der Waals surface area contributed by atoms with Crippen LogP contribution in [-0.2, 0) is 0 Å². The number of aromatic nitrogens is 1. The molecule has 0 N–H and O–H groups in total. The normalized spacial score (nSPS) is 24.7. The van der Waals surface area contributed by atoms with Crippen molar-refractivity contribution in [3.8, 4) is 0 Å². The number of hydrogen-bond acceptors (Lipinski definition) is 2. The van der Waals surface area contributed by atoms with Crippen molar-refractivity contribution in [3.05, 3.63) is 22.3 Å². The highest BCUT2D eigenvalue weighted by Crippen LogP contribution is 2.30. The average molecular weight is 297 g/mol. The predicted molar refractivity (Wildman–Crippen MR) is 76.5 cm³/mol. The first-order valence-corrected chi connectivity index (χ1v) is 7.24. The molecule has 0 saturated heterocycles. The van der Waals surface area contributed by atoms with Crippen molar-refractivity contribution >= 4 is 21.7 Å². The van der Waals surface area contributed by atoms with Crippen molar-refractivity contribution in [2.75, 3.05) is 11.9 Å². The summed E-state index contributed by atoms with van der Waals surface area (Å²) < 4.78 is 1.09. The molecule has 0 aromatic carbocycles. The van der Waals surface area contributed by atoms with E-state index in [2.05, 4.69) is 52.8 Å². The Morgan fingerprint density at radius 3 is 2.71 bits per heavy atom. The first-order chi connectivity index (χ1) is 8.09. The van der Waals surface area contributed by atoms with Gasteiger partial charge in [0, 0.05) is 23.8 Å². The van der Waals surface area contributed by atoms with Crippen molar-refractivity contribution in [1.29, 1.82) is 0 Å². The Bertz CT molecular complexity index is 392. The van der Waals surface area contributed by atoms with Crippen LogP contribution in [0.5, 0.6) is 0 Å². The molecule has 0 amide bonds. The number of rotatable bonds is 2. The summed E-state index contributed by atoms with van der Waals surface area (Å²) in [5.41, 5.74) is 1.25. The summed E-state index contributed by atoms with van der Waals surface area (Å²) in [6.45, 7) is 4.49. The third-order valence-electron chi connectivity index (χ3n) is 3.96. The van der Waals surface area contributed by atoms with Crippen LogP contribution in [0.1, 0.15) is 38.2 Å². The number of anilines is 1. The molecule has 2 unspecified atom stereocenters. The van der Waals surface area contributed by atoms with Crippen LogP contribution in [0.15, 0.2) is 16.7 Å². The molecule has 2 rings (SSSR count). The van der Waals surface area contributed by atoms with Crippen LogP contribution >= 0.6 is 15.9 Å². The van der Waals surface area contributed by atoms with E-state index in [1.165, 1.54) is 31.2 Å². The highest BCUT2D eigenvalue weighted by atomic mass is 79.9. The highest BCUT2D eigenvalue weighted by molar-refractivity contribution is 9.10. The zero-order chi connectivity index (χ0) is 12.4. The van der Waals surface area contributed by atoms with Crippen molar-refractivity contribution in [2.45, 2.75) is 45.6 Å². The third kappa shape index (κ3) is 2.82. The Kier molecular flexibility index (Phi) is 4.08. The molecule has 1 heterocycles. The van der Waals surface area contributed by atoms with Gasteiger partial charge in [0.05, 0.1) is 0 Å². The van der Waals surface area contributed by atoms with E-state index >= 15 is 0 Å². The summed E-state index contributed by atoms with van der Waals surface area (Å²) in [5.74, 6) is 1.88. The Balaban J connectivity index is 2.17. The minimum absolute atomic E-state index is 0.650. The van der Waals surface area contributed by atoms with E-state index in [1.807, 2.05) is 6.20 Å². The van der Waals surface area contributed by atoms with Gasteiger partial charge < -0.3 is 4.90 Å². The van der Waals surface area contributed by atoms with Crippen LogP contribution in [0.25, 0.3) is 0 Å². The van der Waals surface area contributed by atoms with Crippen LogP contribution in [-0.4, -0.2) is 18.1 Å². The van der Waals surface area contributed by atoms with Gasteiger partial charge >= 0.3 is 0 Å². The van der Waals surface area contributed by atoms with Crippen molar-refractivity contribution in [1.82, 2.24) is 4.98 Å². The molecule has 1 fully saturated rings. The lowest BCUT2D eigenvalue weighted by molar-refractivity contribution is 0.320. The molecule has 1 aromatic rings. The van der Waals surface area contributed by atoms with Gasteiger partial charge in [-0.1, -0.05) is 19.8 Å². The minimum Gasteiger partial charge on any atom is -0.356 e. The lowest BCUT2D eigenvalue weighted by Crippen LogP contribution is -2.39. The van der Waals surface area contributed by atoms with E-state index in [-0.39, 0.29) is 0 Å². The quantitative estimate of drug-likeness (QED) is 0.814. The van der Waals surface area contributed by atoms with E-state index in [1.54, 1.807) is 0 Å². The fourth-order valence-corrected chi connectivity index (χ4v) is 2.98. The zero-order valence-electron chi connectivity index (χ0n) is 10.9. The van der Waals surface area contributed by atoms with Gasteiger partial charge in [0.1, 0.15) is 5.82 Å². The fourth-order valence-electron chi connectivity index (χ4n) is 2.76. The van der Waals surface area contributed by atoms with E-state index in [9.17, 15) is 0 Å². The second kappa shape index (κ2) is 5.38. The SMILES string of the molecule is Cc1cc(N(C)C2CCCCC2C)ncc1Br. The Morgan fingerprint density at radius 2 is 2.06 bits per heavy atom. The number of nitrogens with zero attached hydrogens (tertiary/aromatic N) is 2. The summed E-state index contributed by atoms with van der Waals surface area (Å²) in [6, 6.07) is 2.82. The molecule has 2 nitrogen and oxygen atoms in total. The maximum absolute atomic E-state index is 4.53. The lowest BCUT2D eigenvalue weighted by atomic mass is 9.85. The maximum atomic E-state index is 4.53. The van der Waals surface area contributed by atoms with Gasteiger partial charge in [0.2, 0.25) is 0 Å². The molecule has 1 aliphatic carbocycles. The van der Waals surface area contributed by atoms with Gasteiger partial charge in [0.25, 0.3) is 0 Å². The summed E-state index contributed by atoms with van der Waals surface area (Å²) in [5, 5.41) is 0. The summed E-state index contributed by atoms with van der Waals surface area (Å²) >= 11 is 3.51. The van der Waals surface area contributed by atoms with Crippen LogP contribution in [0.3, 0.4) is 0 Å². The van der Waals surface area contributed by atoms with Gasteiger partial charge in [-0.05, 0) is 53.2 Å². The van der Waals surface area contributed by atoms with Crippen LogP contribution < -0.4 is 4.90 Å². The number of hydrogen-bond donors (Lipinski definition) is 0. The van der Waals surface area contributed by atoms with E-state index in [4.69, 9.17) is 0 Å². The van der Waals surface area contributed by atoms with Crippen molar-refractivity contribution in [2.24, 2.45) is 5.92 Å². The Labute approximate surface area is 113 Å². The lowest BCUT2D eigenvalue weighted by Gasteiger charge is -2.37. The van der Waals surface area contributed by atoms with Crippen molar-refractivity contribution < 1.29 is 0 Å². The van der Waals surface area contributed by atoms with Crippen molar-refractivity contribution in [3.63, 3.8) is 0 Å². The van der Waals surface area contributed by atoms with E-state index in [0.29, 0.717) is 6.04 Å². The van der Waals surface area contributed by atoms with Gasteiger partial charge in [-0.25, -0.2) is 4.98 Å². The Morgan fingerprint density at radius 1 is 1.35 bits per heavy atom. The molecule has 0 bridgehead atoms. The third-order valence-corrected chi connectivity index (χ3v) is 4.79. The number of aryl methyl sites for hydroxylation is 1. The Hall–Kier alpha value is -0.570. The predicted octanol–water partition coefficient (Wildman–Crippen LogP) is 4.17. The van der Waals surface area contributed by atoms with Gasteiger partial charge in [-0.15, -0.1) is 0 Å². The second-order valence-electron chi connectivity index (χ2n) is 5.23. The van der Waals surface area contributed by atoms with Gasteiger partial charge in [0.15, 0.2) is 0 Å². The monoisotopic (exact) mass is 296 g/mol. The molecule has 0 radical (unpaired) electrons. The minimum atomic E-state index is 0.650. The van der Waals surface area contributed by atoms with Gasteiger partial charge in [-0.3, -0.25) is 0 Å². The molecule has 3 heteroatoms. The summed E-state index contributed by atoms with van der Waals surface area (Å²) in [7, 11) is 2.18. The highest BCUT2D eigenvalue weighted by Gasteiger charge is 2.25. The standard InChI is InChI=1S/C14H21BrN2/c1-10-6-4-5-7-13(10)17(3)14-8-11(2)12(15)9-16-14/h8-10,13H,4-7H2,1-3H3. The van der Waals surface area contributed by atoms with Crippen LogP contribution in [0.4, 0.5) is 5.82 Å². The molecule has 0 aliphatic heterocycles. The molecule has 1 saturated carbocycles. The van der Waals surface area contributed by atoms with E-state index in [0.717, 1.165) is 16.2 Å². The molecule has 94 valence electrons. The maximum Gasteiger partial charge on any atom is 0.128 e. The molecular weight excluding hydrogens is 276 g/mol. The topological polar surface area (TPSA) is 16.1 Å². The molecular formula is C14H21BrN2. The van der Waals surface area contributed by atoms with E-state index < -0.39 is 0 Å². The number of pyridine rings is 1. The van der Waals surface area contributed by atoms with Gasteiger partial charge in [-0.2, -0.15) is 0 Å². The molecule has 0 spiro atoms. The summed E-state index contributed by atoms with van der Waals surface area (Å²) in [4.78, 5) is 6.89. The smallest absolute Gasteiger partial charge is 0.128 e. The first kappa shape index (κ1) is 12.9. The number of halogens is 1. The largest absolute Gasteiger partial charge is 0.356 e. The first-order valence-electron chi connectivity index (χ1n) is 6.44. The summed E-state index contributed by atoms with van der Waals surface area (Å²) in [6.07, 6.45) is 7.31. The molecule has 1 aliphatic rings. The van der Waals surface area contributed by atoms with Crippen LogP contribution in [0, 0.1) is 12.8 Å². The van der Waals surface area contributed by atoms with Crippen LogP contribution in [0.2, 0.25) is 0 Å². The molecule has 2 atom stereocenters. The molecule has 17 heavy (non-hydrogen) atoms.